The van der Waals surface area contributed by atoms with Gasteiger partial charge in [-0.25, -0.2) is 0 Å². The maximum absolute atomic E-state index is 5.73. The Morgan fingerprint density at radius 2 is 1.86 bits per heavy atom. The first kappa shape index (κ1) is 21.5. The number of anilines is 2. The average molecular weight is 380 g/mol. The topological polar surface area (TPSA) is 60.2 Å². The number of hydrogen-bond acceptors (Lipinski definition) is 4. The summed E-state index contributed by atoms with van der Waals surface area (Å²) in [5.74, 6) is 2.67. The number of nitrogens with one attached hydrogen (secondary N) is 1. The second-order valence-corrected chi connectivity index (χ2v) is 7.20. The minimum atomic E-state index is 0.524. The predicted molar refractivity (Wildman–Crippen MR) is 120 cm³/mol. The molecule has 150 valence electrons. The molecule has 0 radical (unpaired) electrons. The maximum Gasteiger partial charge on any atom is 0.221 e. The van der Waals surface area contributed by atoms with Crippen molar-refractivity contribution in [3.8, 4) is 11.6 Å². The Morgan fingerprint density at radius 3 is 2.43 bits per heavy atom. The summed E-state index contributed by atoms with van der Waals surface area (Å²) in [6.07, 6.45) is 8.75. The Labute approximate surface area is 169 Å². The molecule has 4 heteroatoms. The van der Waals surface area contributed by atoms with Crippen LogP contribution in [0.15, 0.2) is 66.4 Å². The molecule has 3 N–H and O–H groups in total. The summed E-state index contributed by atoms with van der Waals surface area (Å²) >= 11 is 0. The van der Waals surface area contributed by atoms with Gasteiger partial charge in [-0.3, -0.25) is 0 Å². The normalized spacial score (nSPS) is 13.3. The number of ether oxygens (including phenoxy) is 1. The molecule has 1 aromatic heterocycles. The van der Waals surface area contributed by atoms with E-state index in [0.717, 1.165) is 11.6 Å². The summed E-state index contributed by atoms with van der Waals surface area (Å²) in [7, 11) is 0. The Hall–Kier alpha value is -2.75. The second kappa shape index (κ2) is 11.2. The van der Waals surface area contributed by atoms with Gasteiger partial charge in [-0.15, -0.1) is 0 Å². The van der Waals surface area contributed by atoms with E-state index in [9.17, 15) is 0 Å². The third-order valence-electron chi connectivity index (χ3n) is 4.44. The lowest BCUT2D eigenvalue weighted by Gasteiger charge is -2.09. The number of unbranched alkanes of at least 4 members (excludes halogenated alkanes) is 2. The third-order valence-corrected chi connectivity index (χ3v) is 4.44. The van der Waals surface area contributed by atoms with Gasteiger partial charge in [0.2, 0.25) is 5.88 Å². The molecule has 1 aromatic carbocycles. The van der Waals surface area contributed by atoms with E-state index in [1.54, 1.807) is 12.1 Å². The summed E-state index contributed by atoms with van der Waals surface area (Å²) in [6.45, 7) is 10.6. The van der Waals surface area contributed by atoms with E-state index in [1.807, 2.05) is 30.3 Å². The second-order valence-electron chi connectivity index (χ2n) is 7.20. The predicted octanol–water partition coefficient (Wildman–Crippen LogP) is 6.93. The Bertz CT molecular complexity index is 775. The van der Waals surface area contributed by atoms with Crippen LogP contribution in [0.3, 0.4) is 0 Å². The minimum absolute atomic E-state index is 0.524. The molecule has 2 aromatic rings. The first-order chi connectivity index (χ1) is 13.5. The molecule has 3 rings (SSSR count). The van der Waals surface area contributed by atoms with E-state index >= 15 is 0 Å². The number of benzene rings is 1. The summed E-state index contributed by atoms with van der Waals surface area (Å²) in [4.78, 5) is 4.44. The number of pyridine rings is 1. The van der Waals surface area contributed by atoms with E-state index in [4.69, 9.17) is 10.5 Å². The number of allylic oxidation sites excluding steroid dienone is 2. The molecule has 1 aliphatic carbocycles. The average Bonchev–Trinajstić information content (AvgIpc) is 3.50. The van der Waals surface area contributed by atoms with Gasteiger partial charge in [-0.05, 0) is 62.1 Å². The van der Waals surface area contributed by atoms with E-state index in [0.29, 0.717) is 23.1 Å². The molecule has 1 heterocycles. The summed E-state index contributed by atoms with van der Waals surface area (Å²) < 4.78 is 5.73. The SMILES string of the molecule is C=C(/C=C(\C)C1CC1)Nc1cccc(Oc2ccc(N)cc2)n1.CCCCC. The van der Waals surface area contributed by atoms with Crippen molar-refractivity contribution < 1.29 is 4.74 Å². The maximum atomic E-state index is 5.73. The Kier molecular flexibility index (Phi) is 8.60. The zero-order valence-electron chi connectivity index (χ0n) is 17.4. The number of aromatic nitrogens is 1. The van der Waals surface area contributed by atoms with Gasteiger partial charge in [0.15, 0.2) is 0 Å². The lowest BCUT2D eigenvalue weighted by atomic mass is 10.1. The van der Waals surface area contributed by atoms with Crippen LogP contribution in [0.5, 0.6) is 11.6 Å². The molecule has 0 bridgehead atoms. The van der Waals surface area contributed by atoms with E-state index in [2.05, 4.69) is 43.7 Å². The van der Waals surface area contributed by atoms with Gasteiger partial charge < -0.3 is 15.8 Å². The van der Waals surface area contributed by atoms with Crippen LogP contribution >= 0.6 is 0 Å². The van der Waals surface area contributed by atoms with Crippen molar-refractivity contribution in [3.05, 3.63) is 66.4 Å². The summed E-state index contributed by atoms with van der Waals surface area (Å²) in [5, 5.41) is 3.21. The molecule has 4 nitrogen and oxygen atoms in total. The third kappa shape index (κ3) is 7.87. The lowest BCUT2D eigenvalue weighted by Crippen LogP contribution is -1.99. The summed E-state index contributed by atoms with van der Waals surface area (Å²) in [5.41, 5.74) is 8.58. The quantitative estimate of drug-likeness (QED) is 0.385. The number of nitrogens with two attached hydrogens (primary N) is 1. The first-order valence-corrected chi connectivity index (χ1v) is 10.2. The molecule has 0 spiro atoms. The van der Waals surface area contributed by atoms with Crippen LogP contribution in [0.4, 0.5) is 11.5 Å². The zero-order chi connectivity index (χ0) is 20.4. The Balaban J connectivity index is 0.000000500. The van der Waals surface area contributed by atoms with Crippen molar-refractivity contribution in [1.82, 2.24) is 4.98 Å². The molecule has 0 aliphatic heterocycles. The van der Waals surface area contributed by atoms with Gasteiger partial charge in [-0.2, -0.15) is 4.98 Å². The van der Waals surface area contributed by atoms with E-state index < -0.39 is 0 Å². The molecule has 28 heavy (non-hydrogen) atoms. The molecule has 0 amide bonds. The van der Waals surface area contributed by atoms with Gasteiger partial charge in [0.1, 0.15) is 11.6 Å². The molecule has 0 unspecified atom stereocenters. The first-order valence-electron chi connectivity index (χ1n) is 10.2. The van der Waals surface area contributed by atoms with E-state index in [1.165, 1.54) is 37.7 Å². The Morgan fingerprint density at radius 1 is 1.18 bits per heavy atom. The highest BCUT2D eigenvalue weighted by Gasteiger charge is 2.22. The highest BCUT2D eigenvalue weighted by molar-refractivity contribution is 5.47. The van der Waals surface area contributed by atoms with Crippen LogP contribution in [0.25, 0.3) is 0 Å². The van der Waals surface area contributed by atoms with Gasteiger partial charge in [0.25, 0.3) is 0 Å². The number of rotatable bonds is 8. The molecular weight excluding hydrogens is 346 g/mol. The van der Waals surface area contributed by atoms with Crippen molar-refractivity contribution >= 4 is 11.5 Å². The fraction of sp³-hybridized carbons (Fsp3) is 0.375. The highest BCUT2D eigenvalue weighted by atomic mass is 16.5. The van der Waals surface area contributed by atoms with Crippen molar-refractivity contribution in [2.75, 3.05) is 11.1 Å². The van der Waals surface area contributed by atoms with Crippen molar-refractivity contribution in [2.24, 2.45) is 5.92 Å². The molecule has 1 fully saturated rings. The molecular formula is C24H33N3O. The lowest BCUT2D eigenvalue weighted by molar-refractivity contribution is 0.464. The molecule has 0 saturated heterocycles. The van der Waals surface area contributed by atoms with Crippen molar-refractivity contribution in [2.45, 2.75) is 52.9 Å². The zero-order valence-corrected chi connectivity index (χ0v) is 17.4. The summed E-state index contributed by atoms with van der Waals surface area (Å²) in [6, 6.07) is 12.8. The number of hydrogen-bond donors (Lipinski definition) is 2. The van der Waals surface area contributed by atoms with Gasteiger partial charge in [-0.1, -0.05) is 51.3 Å². The number of nitrogen functional groups attached to an aromatic ring is 1. The number of nitrogens with zero attached hydrogens (tertiary/aromatic N) is 1. The van der Waals surface area contributed by atoms with Gasteiger partial charge in [0, 0.05) is 17.5 Å². The van der Waals surface area contributed by atoms with Gasteiger partial charge >= 0.3 is 0 Å². The smallest absolute Gasteiger partial charge is 0.221 e. The fourth-order valence-electron chi connectivity index (χ4n) is 2.68. The van der Waals surface area contributed by atoms with Crippen LogP contribution in [-0.2, 0) is 0 Å². The van der Waals surface area contributed by atoms with Crippen LogP contribution in [0, 0.1) is 5.92 Å². The van der Waals surface area contributed by atoms with Crippen LogP contribution in [0.1, 0.15) is 52.9 Å². The highest BCUT2D eigenvalue weighted by Crippen LogP contribution is 2.36. The molecule has 0 atom stereocenters. The minimum Gasteiger partial charge on any atom is -0.439 e. The van der Waals surface area contributed by atoms with Gasteiger partial charge in [0.05, 0.1) is 0 Å². The largest absolute Gasteiger partial charge is 0.439 e. The molecule has 1 aliphatic rings. The van der Waals surface area contributed by atoms with Crippen molar-refractivity contribution in [3.63, 3.8) is 0 Å². The van der Waals surface area contributed by atoms with Crippen LogP contribution in [-0.4, -0.2) is 4.98 Å². The van der Waals surface area contributed by atoms with Crippen LogP contribution in [0.2, 0.25) is 0 Å². The fourth-order valence-corrected chi connectivity index (χ4v) is 2.68. The van der Waals surface area contributed by atoms with Crippen molar-refractivity contribution in [1.29, 1.82) is 0 Å². The van der Waals surface area contributed by atoms with Crippen LogP contribution < -0.4 is 15.8 Å². The molecule has 1 saturated carbocycles. The van der Waals surface area contributed by atoms with E-state index in [-0.39, 0.29) is 0 Å². The standard InChI is InChI=1S/C19H21N3O.C5H12/c1-13(15-6-7-15)12-14(2)21-18-4-3-5-19(22-18)23-17-10-8-16(20)9-11-17;1-3-5-4-2/h3-5,8-12,15H,2,6-7,20H2,1H3,(H,21,22);3-5H2,1-2H3/b13-12+;. The monoisotopic (exact) mass is 379 g/mol.